The van der Waals surface area contributed by atoms with Crippen LogP contribution in [0.5, 0.6) is 5.75 Å². The second kappa shape index (κ2) is 10.3. The number of hydrogen-bond donors (Lipinski definition) is 1. The Hall–Kier alpha value is -2.89. The number of amides is 2. The SMILES string of the molecule is CCCCCOc1ccc(C(=O)N(C)CC(=O)Nc2ccc(C)cn2)cc1. The van der Waals surface area contributed by atoms with Crippen molar-refractivity contribution in [2.45, 2.75) is 33.1 Å². The Balaban J connectivity index is 1.84. The van der Waals surface area contributed by atoms with Gasteiger partial charge >= 0.3 is 0 Å². The fourth-order valence-electron chi connectivity index (χ4n) is 2.47. The zero-order chi connectivity index (χ0) is 19.6. The first-order chi connectivity index (χ1) is 13.0. The molecule has 0 unspecified atom stereocenters. The van der Waals surface area contributed by atoms with Crippen molar-refractivity contribution in [2.75, 3.05) is 25.5 Å². The highest BCUT2D eigenvalue weighted by Gasteiger charge is 2.15. The normalized spacial score (nSPS) is 10.3. The molecule has 0 bridgehead atoms. The van der Waals surface area contributed by atoms with Gasteiger partial charge in [-0.05, 0) is 49.2 Å². The molecule has 0 saturated heterocycles. The van der Waals surface area contributed by atoms with Crippen molar-refractivity contribution in [2.24, 2.45) is 0 Å². The van der Waals surface area contributed by atoms with Gasteiger partial charge in [0.15, 0.2) is 0 Å². The Morgan fingerprint density at radius 1 is 1.11 bits per heavy atom. The average molecular weight is 369 g/mol. The third kappa shape index (κ3) is 6.73. The van der Waals surface area contributed by atoms with E-state index in [1.165, 1.54) is 4.90 Å². The zero-order valence-corrected chi connectivity index (χ0v) is 16.2. The number of nitrogens with one attached hydrogen (secondary N) is 1. The van der Waals surface area contributed by atoms with Gasteiger partial charge in [-0.25, -0.2) is 4.98 Å². The number of hydrogen-bond acceptors (Lipinski definition) is 4. The molecule has 0 radical (unpaired) electrons. The summed E-state index contributed by atoms with van der Waals surface area (Å²) in [5.41, 5.74) is 1.53. The standard InChI is InChI=1S/C21H27N3O3/c1-4-5-6-13-27-18-10-8-17(9-11-18)21(26)24(3)15-20(25)23-19-12-7-16(2)14-22-19/h7-12,14H,4-6,13,15H2,1-3H3,(H,22,23,25). The van der Waals surface area contributed by atoms with E-state index in [4.69, 9.17) is 4.74 Å². The van der Waals surface area contributed by atoms with Crippen LogP contribution in [0, 0.1) is 6.92 Å². The van der Waals surface area contributed by atoms with Gasteiger partial charge in [0.1, 0.15) is 11.6 Å². The molecule has 1 N–H and O–H groups in total. The monoisotopic (exact) mass is 369 g/mol. The van der Waals surface area contributed by atoms with Gasteiger partial charge in [0, 0.05) is 18.8 Å². The molecule has 1 aromatic heterocycles. The van der Waals surface area contributed by atoms with Crippen LogP contribution in [0.4, 0.5) is 5.82 Å². The summed E-state index contributed by atoms with van der Waals surface area (Å²) in [5.74, 6) is 0.696. The highest BCUT2D eigenvalue weighted by Crippen LogP contribution is 2.14. The highest BCUT2D eigenvalue weighted by atomic mass is 16.5. The van der Waals surface area contributed by atoms with E-state index in [-0.39, 0.29) is 18.4 Å². The predicted octanol–water partition coefficient (Wildman–Crippen LogP) is 3.67. The molecule has 0 aliphatic heterocycles. The summed E-state index contributed by atoms with van der Waals surface area (Å²) < 4.78 is 5.65. The van der Waals surface area contributed by atoms with Crippen LogP contribution >= 0.6 is 0 Å². The van der Waals surface area contributed by atoms with Gasteiger partial charge in [-0.2, -0.15) is 0 Å². The minimum Gasteiger partial charge on any atom is -0.494 e. The second-order valence-electron chi connectivity index (χ2n) is 6.51. The molecule has 6 heteroatoms. The number of pyridine rings is 1. The largest absolute Gasteiger partial charge is 0.494 e. The molecule has 2 rings (SSSR count). The molecule has 0 atom stereocenters. The van der Waals surface area contributed by atoms with Crippen LogP contribution in [0.25, 0.3) is 0 Å². The first-order valence-electron chi connectivity index (χ1n) is 9.20. The molecule has 0 fully saturated rings. The third-order valence-electron chi connectivity index (χ3n) is 4.02. The fourth-order valence-corrected chi connectivity index (χ4v) is 2.47. The number of carbonyl (C=O) groups is 2. The van der Waals surface area contributed by atoms with Crippen molar-refractivity contribution in [1.82, 2.24) is 9.88 Å². The molecule has 144 valence electrons. The molecule has 6 nitrogen and oxygen atoms in total. The first-order valence-corrected chi connectivity index (χ1v) is 9.20. The Morgan fingerprint density at radius 3 is 2.48 bits per heavy atom. The molecule has 0 aliphatic carbocycles. The smallest absolute Gasteiger partial charge is 0.254 e. The number of unbranched alkanes of at least 4 members (excludes halogenated alkanes) is 2. The molecular weight excluding hydrogens is 342 g/mol. The number of aryl methyl sites for hydroxylation is 1. The van der Waals surface area contributed by atoms with Crippen LogP contribution in [-0.4, -0.2) is 41.9 Å². The van der Waals surface area contributed by atoms with Crippen LogP contribution in [0.15, 0.2) is 42.6 Å². The predicted molar refractivity (Wildman–Crippen MR) is 106 cm³/mol. The number of rotatable bonds is 9. The summed E-state index contributed by atoms with van der Waals surface area (Å²) >= 11 is 0. The molecule has 1 aromatic carbocycles. The maximum absolute atomic E-state index is 12.5. The Morgan fingerprint density at radius 2 is 1.85 bits per heavy atom. The zero-order valence-electron chi connectivity index (χ0n) is 16.2. The average Bonchev–Trinajstić information content (AvgIpc) is 2.67. The number of aromatic nitrogens is 1. The van der Waals surface area contributed by atoms with Gasteiger partial charge in [0.25, 0.3) is 5.91 Å². The number of likely N-dealkylation sites (N-methyl/N-ethyl adjacent to an activating group) is 1. The summed E-state index contributed by atoms with van der Waals surface area (Å²) in [6.07, 6.45) is 4.99. The van der Waals surface area contributed by atoms with E-state index >= 15 is 0 Å². The third-order valence-corrected chi connectivity index (χ3v) is 4.02. The molecule has 0 spiro atoms. The van der Waals surface area contributed by atoms with Gasteiger partial charge in [-0.15, -0.1) is 0 Å². The number of ether oxygens (including phenoxy) is 1. The van der Waals surface area contributed by atoms with E-state index < -0.39 is 0 Å². The lowest BCUT2D eigenvalue weighted by molar-refractivity contribution is -0.116. The summed E-state index contributed by atoms with van der Waals surface area (Å²) in [5, 5.41) is 2.69. The van der Waals surface area contributed by atoms with Crippen LogP contribution in [0.3, 0.4) is 0 Å². The van der Waals surface area contributed by atoms with E-state index in [0.717, 1.165) is 30.6 Å². The first kappa shape index (κ1) is 20.4. The highest BCUT2D eigenvalue weighted by molar-refractivity contribution is 5.98. The summed E-state index contributed by atoms with van der Waals surface area (Å²) in [4.78, 5) is 30.1. The van der Waals surface area contributed by atoms with Gasteiger partial charge < -0.3 is 15.0 Å². The maximum Gasteiger partial charge on any atom is 0.254 e. The number of anilines is 1. The number of carbonyl (C=O) groups excluding carboxylic acids is 2. The van der Waals surface area contributed by atoms with Gasteiger partial charge in [0.05, 0.1) is 13.2 Å². The second-order valence-corrected chi connectivity index (χ2v) is 6.51. The van der Waals surface area contributed by atoms with Crippen molar-refractivity contribution in [3.05, 3.63) is 53.7 Å². The van der Waals surface area contributed by atoms with Gasteiger partial charge in [-0.1, -0.05) is 25.8 Å². The summed E-state index contributed by atoms with van der Waals surface area (Å²) in [6, 6.07) is 10.6. The van der Waals surface area contributed by atoms with Crippen molar-refractivity contribution in [3.8, 4) is 5.75 Å². The van der Waals surface area contributed by atoms with E-state index in [0.29, 0.717) is 18.0 Å². The van der Waals surface area contributed by atoms with E-state index in [9.17, 15) is 9.59 Å². The lowest BCUT2D eigenvalue weighted by Gasteiger charge is -2.17. The van der Waals surface area contributed by atoms with Crippen LogP contribution in [0.1, 0.15) is 42.1 Å². The molecule has 2 amide bonds. The Labute approximate surface area is 160 Å². The quantitative estimate of drug-likeness (QED) is 0.685. The van der Waals surface area contributed by atoms with Crippen molar-refractivity contribution >= 4 is 17.6 Å². The molecule has 27 heavy (non-hydrogen) atoms. The minimum absolute atomic E-state index is 0.0519. The Bertz CT molecular complexity index is 742. The lowest BCUT2D eigenvalue weighted by Crippen LogP contribution is -2.35. The summed E-state index contributed by atoms with van der Waals surface area (Å²) in [7, 11) is 1.60. The minimum atomic E-state index is -0.293. The van der Waals surface area contributed by atoms with Crippen molar-refractivity contribution < 1.29 is 14.3 Å². The van der Waals surface area contributed by atoms with Crippen LogP contribution < -0.4 is 10.1 Å². The van der Waals surface area contributed by atoms with E-state index in [1.54, 1.807) is 43.6 Å². The molecule has 0 saturated carbocycles. The fraction of sp³-hybridized carbons (Fsp3) is 0.381. The van der Waals surface area contributed by atoms with Gasteiger partial charge in [0.2, 0.25) is 5.91 Å². The van der Waals surface area contributed by atoms with Crippen LogP contribution in [0.2, 0.25) is 0 Å². The topological polar surface area (TPSA) is 71.5 Å². The number of nitrogens with zero attached hydrogens (tertiary/aromatic N) is 2. The molecule has 2 aromatic rings. The lowest BCUT2D eigenvalue weighted by atomic mass is 10.2. The van der Waals surface area contributed by atoms with E-state index in [1.807, 2.05) is 13.0 Å². The van der Waals surface area contributed by atoms with Crippen molar-refractivity contribution in [3.63, 3.8) is 0 Å². The molecule has 0 aliphatic rings. The maximum atomic E-state index is 12.5. The molecular formula is C21H27N3O3. The molecule has 1 heterocycles. The van der Waals surface area contributed by atoms with Gasteiger partial charge in [-0.3, -0.25) is 9.59 Å². The number of benzene rings is 1. The van der Waals surface area contributed by atoms with Crippen LogP contribution in [-0.2, 0) is 4.79 Å². The Kier molecular flexibility index (Phi) is 7.79. The summed E-state index contributed by atoms with van der Waals surface area (Å²) in [6.45, 7) is 4.69. The van der Waals surface area contributed by atoms with Crippen molar-refractivity contribution in [1.29, 1.82) is 0 Å². The van der Waals surface area contributed by atoms with E-state index in [2.05, 4.69) is 17.2 Å².